The van der Waals surface area contributed by atoms with Crippen LogP contribution in [0.4, 0.5) is 0 Å². The molecule has 3 aromatic rings. The molecule has 0 heterocycles. The molecule has 3 rings (SSSR count). The molecule has 0 fully saturated rings. The quantitative estimate of drug-likeness (QED) is 0.745. The Labute approximate surface area is 137 Å². The van der Waals surface area contributed by atoms with E-state index in [4.69, 9.17) is 0 Å². The van der Waals surface area contributed by atoms with E-state index in [1.165, 1.54) is 0 Å². The highest BCUT2D eigenvalue weighted by atomic mass is 15.0. The molecule has 0 amide bonds. The predicted octanol–water partition coefficient (Wildman–Crippen LogP) is 4.63. The van der Waals surface area contributed by atoms with Crippen molar-refractivity contribution in [2.75, 3.05) is 0 Å². The molecule has 0 aliphatic rings. The largest absolute Gasteiger partial charge is 0.287 e. The summed E-state index contributed by atoms with van der Waals surface area (Å²) in [7, 11) is 0. The van der Waals surface area contributed by atoms with Gasteiger partial charge in [-0.2, -0.15) is 5.26 Å². The van der Waals surface area contributed by atoms with E-state index in [-0.39, 0.29) is 12.1 Å². The lowest BCUT2D eigenvalue weighted by atomic mass is 9.96. The molecule has 3 aromatic carbocycles. The van der Waals surface area contributed by atoms with Crippen LogP contribution in [0.25, 0.3) is 0 Å². The molecule has 1 unspecified atom stereocenters. The maximum absolute atomic E-state index is 9.61. The summed E-state index contributed by atoms with van der Waals surface area (Å²) < 4.78 is 0. The lowest BCUT2D eigenvalue weighted by molar-refractivity contribution is 0.559. The van der Waals surface area contributed by atoms with Crippen LogP contribution in [0.3, 0.4) is 0 Å². The first-order chi connectivity index (χ1) is 11.4. The fourth-order valence-electron chi connectivity index (χ4n) is 2.70. The fourth-order valence-corrected chi connectivity index (χ4v) is 2.70. The maximum atomic E-state index is 9.61. The van der Waals surface area contributed by atoms with Crippen LogP contribution in [0.2, 0.25) is 0 Å². The van der Waals surface area contributed by atoms with Gasteiger partial charge in [0.1, 0.15) is 6.04 Å². The van der Waals surface area contributed by atoms with Crippen LogP contribution in [0, 0.1) is 11.3 Å². The van der Waals surface area contributed by atoms with Crippen molar-refractivity contribution in [2.45, 2.75) is 12.1 Å². The fraction of sp³-hybridized carbons (Fsp3) is 0.0952. The van der Waals surface area contributed by atoms with E-state index in [0.717, 1.165) is 16.7 Å². The van der Waals surface area contributed by atoms with Gasteiger partial charge in [-0.25, -0.2) is 0 Å². The van der Waals surface area contributed by atoms with Crippen molar-refractivity contribution >= 4 is 0 Å². The van der Waals surface area contributed by atoms with Crippen LogP contribution in [0.5, 0.6) is 0 Å². The normalized spacial score (nSPS) is 11.8. The molecule has 1 N–H and O–H groups in total. The Morgan fingerprint density at radius 2 is 1.00 bits per heavy atom. The van der Waals surface area contributed by atoms with Crippen molar-refractivity contribution in [1.29, 1.82) is 5.26 Å². The minimum absolute atomic E-state index is 0.0257. The summed E-state index contributed by atoms with van der Waals surface area (Å²) in [6.07, 6.45) is 0. The number of nitrogens with one attached hydrogen (secondary N) is 1. The summed E-state index contributed by atoms with van der Waals surface area (Å²) in [5.41, 5.74) is 3.27. The Bertz CT molecular complexity index is 722. The lowest BCUT2D eigenvalue weighted by Crippen LogP contribution is -2.26. The number of benzene rings is 3. The summed E-state index contributed by atoms with van der Waals surface area (Å²) in [4.78, 5) is 0. The summed E-state index contributed by atoms with van der Waals surface area (Å²) in [5, 5.41) is 13.1. The van der Waals surface area contributed by atoms with E-state index in [2.05, 4.69) is 35.7 Å². The molecule has 2 nitrogen and oxygen atoms in total. The molecule has 0 aromatic heterocycles. The van der Waals surface area contributed by atoms with Gasteiger partial charge < -0.3 is 0 Å². The average molecular weight is 298 g/mol. The van der Waals surface area contributed by atoms with E-state index < -0.39 is 0 Å². The zero-order chi connectivity index (χ0) is 15.9. The Morgan fingerprint density at radius 1 is 0.609 bits per heavy atom. The van der Waals surface area contributed by atoms with E-state index >= 15 is 0 Å². The SMILES string of the molecule is N#CC(NC(c1ccccc1)c1ccccc1)c1ccccc1. The minimum Gasteiger partial charge on any atom is -0.287 e. The zero-order valence-corrected chi connectivity index (χ0v) is 12.8. The van der Waals surface area contributed by atoms with Gasteiger partial charge in [-0.1, -0.05) is 91.0 Å². The van der Waals surface area contributed by atoms with Gasteiger partial charge in [-0.3, -0.25) is 5.32 Å². The second-order valence-electron chi connectivity index (χ2n) is 5.39. The zero-order valence-electron chi connectivity index (χ0n) is 12.8. The van der Waals surface area contributed by atoms with Gasteiger partial charge in [-0.05, 0) is 16.7 Å². The highest BCUT2D eigenvalue weighted by Crippen LogP contribution is 2.25. The summed E-state index contributed by atoms with van der Waals surface area (Å²) in [6.45, 7) is 0. The Balaban J connectivity index is 1.95. The molecule has 0 saturated carbocycles. The van der Waals surface area contributed by atoms with Crippen LogP contribution in [-0.2, 0) is 0 Å². The highest BCUT2D eigenvalue weighted by Gasteiger charge is 2.19. The molecule has 0 bridgehead atoms. The third-order valence-electron chi connectivity index (χ3n) is 3.86. The summed E-state index contributed by atoms with van der Waals surface area (Å²) in [6, 6.07) is 32.3. The van der Waals surface area contributed by atoms with Gasteiger partial charge in [-0.15, -0.1) is 0 Å². The van der Waals surface area contributed by atoms with Crippen LogP contribution in [-0.4, -0.2) is 0 Å². The molecule has 112 valence electrons. The van der Waals surface area contributed by atoms with Crippen LogP contribution < -0.4 is 5.32 Å². The standard InChI is InChI=1S/C21H18N2/c22-16-20(17-10-4-1-5-11-17)23-21(18-12-6-2-7-13-18)19-14-8-3-9-15-19/h1-15,20-21,23H. The molecule has 0 aliphatic heterocycles. The number of hydrogen-bond donors (Lipinski definition) is 1. The molecular weight excluding hydrogens is 280 g/mol. The number of nitrogens with zero attached hydrogens (tertiary/aromatic N) is 1. The van der Waals surface area contributed by atoms with Gasteiger partial charge in [0.05, 0.1) is 12.1 Å². The maximum Gasteiger partial charge on any atom is 0.122 e. The van der Waals surface area contributed by atoms with Crippen molar-refractivity contribution in [3.8, 4) is 6.07 Å². The second kappa shape index (κ2) is 7.40. The number of hydrogen-bond acceptors (Lipinski definition) is 2. The van der Waals surface area contributed by atoms with Crippen molar-refractivity contribution in [3.05, 3.63) is 108 Å². The molecule has 2 heteroatoms. The predicted molar refractivity (Wildman–Crippen MR) is 92.7 cm³/mol. The smallest absolute Gasteiger partial charge is 0.122 e. The van der Waals surface area contributed by atoms with Gasteiger partial charge in [0.2, 0.25) is 0 Å². The molecule has 0 saturated heterocycles. The lowest BCUT2D eigenvalue weighted by Gasteiger charge is -2.23. The monoisotopic (exact) mass is 298 g/mol. The van der Waals surface area contributed by atoms with Crippen LogP contribution in [0.15, 0.2) is 91.0 Å². The Morgan fingerprint density at radius 3 is 1.39 bits per heavy atom. The summed E-state index contributed by atoms with van der Waals surface area (Å²) >= 11 is 0. The van der Waals surface area contributed by atoms with Crippen LogP contribution >= 0.6 is 0 Å². The molecule has 23 heavy (non-hydrogen) atoms. The van der Waals surface area contributed by atoms with E-state index in [1.54, 1.807) is 0 Å². The van der Waals surface area contributed by atoms with E-state index in [9.17, 15) is 5.26 Å². The first kappa shape index (κ1) is 15.0. The molecule has 0 aliphatic carbocycles. The molecular formula is C21H18N2. The van der Waals surface area contributed by atoms with Gasteiger partial charge >= 0.3 is 0 Å². The van der Waals surface area contributed by atoms with Crippen molar-refractivity contribution in [2.24, 2.45) is 0 Å². The Kier molecular flexibility index (Phi) is 4.83. The summed E-state index contributed by atoms with van der Waals surface area (Å²) in [5.74, 6) is 0. The minimum atomic E-state index is -0.360. The Hall–Kier alpha value is -2.89. The van der Waals surface area contributed by atoms with Crippen molar-refractivity contribution < 1.29 is 0 Å². The number of rotatable bonds is 5. The average Bonchev–Trinajstić information content (AvgIpc) is 2.65. The van der Waals surface area contributed by atoms with E-state index in [0.29, 0.717) is 0 Å². The highest BCUT2D eigenvalue weighted by molar-refractivity contribution is 5.33. The van der Waals surface area contributed by atoms with Crippen molar-refractivity contribution in [1.82, 2.24) is 5.32 Å². The van der Waals surface area contributed by atoms with Gasteiger partial charge in [0.15, 0.2) is 0 Å². The molecule has 0 spiro atoms. The second-order valence-corrected chi connectivity index (χ2v) is 5.39. The first-order valence-electron chi connectivity index (χ1n) is 7.69. The van der Waals surface area contributed by atoms with Crippen molar-refractivity contribution in [3.63, 3.8) is 0 Å². The third kappa shape index (κ3) is 3.66. The molecule has 0 radical (unpaired) electrons. The van der Waals surface area contributed by atoms with Crippen LogP contribution in [0.1, 0.15) is 28.8 Å². The third-order valence-corrected chi connectivity index (χ3v) is 3.86. The van der Waals surface area contributed by atoms with Gasteiger partial charge in [0.25, 0.3) is 0 Å². The first-order valence-corrected chi connectivity index (χ1v) is 7.69. The van der Waals surface area contributed by atoms with E-state index in [1.807, 2.05) is 66.7 Å². The molecule has 1 atom stereocenters. The number of nitriles is 1. The van der Waals surface area contributed by atoms with Gasteiger partial charge in [0, 0.05) is 0 Å². The topological polar surface area (TPSA) is 35.8 Å².